The molecule has 0 radical (unpaired) electrons. The molecule has 2 aliphatic heterocycles. The number of nitrogens with zero attached hydrogens (tertiary/aromatic N) is 2. The highest BCUT2D eigenvalue weighted by Crippen LogP contribution is 2.23. The minimum Gasteiger partial charge on any atom is -0.353 e. The minimum atomic E-state index is -0.102. The number of hydrogen-bond acceptors (Lipinski definition) is 3. The molecule has 5 heteroatoms. The number of likely N-dealkylation sites (tertiary alicyclic amines) is 2. The Morgan fingerprint density at radius 3 is 2.10 bits per heavy atom. The van der Waals surface area contributed by atoms with Gasteiger partial charge in [-0.15, -0.1) is 0 Å². The third-order valence-electron chi connectivity index (χ3n) is 4.65. The van der Waals surface area contributed by atoms with Gasteiger partial charge in [0.15, 0.2) is 0 Å². The van der Waals surface area contributed by atoms with Crippen LogP contribution in [0.15, 0.2) is 0 Å². The zero-order valence-corrected chi connectivity index (χ0v) is 13.6. The van der Waals surface area contributed by atoms with Crippen molar-refractivity contribution >= 4 is 11.8 Å². The van der Waals surface area contributed by atoms with Crippen LogP contribution in [0.4, 0.5) is 0 Å². The van der Waals surface area contributed by atoms with Gasteiger partial charge in [0.25, 0.3) is 0 Å². The summed E-state index contributed by atoms with van der Waals surface area (Å²) in [7, 11) is 0. The summed E-state index contributed by atoms with van der Waals surface area (Å²) >= 11 is 0. The number of nitrogens with one attached hydrogen (secondary N) is 1. The van der Waals surface area contributed by atoms with E-state index in [2.05, 4.69) is 10.2 Å². The highest BCUT2D eigenvalue weighted by Gasteiger charge is 2.32. The van der Waals surface area contributed by atoms with Crippen molar-refractivity contribution in [3.63, 3.8) is 0 Å². The molecule has 1 unspecified atom stereocenters. The van der Waals surface area contributed by atoms with Crippen molar-refractivity contribution in [2.75, 3.05) is 26.2 Å². The Morgan fingerprint density at radius 1 is 1.00 bits per heavy atom. The van der Waals surface area contributed by atoms with Crippen LogP contribution in [0.2, 0.25) is 0 Å². The molecule has 0 saturated carbocycles. The minimum absolute atomic E-state index is 0.0920. The summed E-state index contributed by atoms with van der Waals surface area (Å²) in [6, 6.07) is 0.0736. The van der Waals surface area contributed by atoms with Crippen LogP contribution in [0.3, 0.4) is 0 Å². The summed E-state index contributed by atoms with van der Waals surface area (Å²) in [5.74, 6) is 0.598. The lowest BCUT2D eigenvalue weighted by molar-refractivity contribution is -0.136. The van der Waals surface area contributed by atoms with E-state index < -0.39 is 0 Å². The third kappa shape index (κ3) is 4.19. The van der Waals surface area contributed by atoms with Crippen LogP contribution in [0.25, 0.3) is 0 Å². The number of piperidine rings is 1. The first-order valence-electron chi connectivity index (χ1n) is 8.32. The van der Waals surface area contributed by atoms with Gasteiger partial charge >= 0.3 is 0 Å². The zero-order chi connectivity index (χ0) is 15.4. The van der Waals surface area contributed by atoms with Gasteiger partial charge in [-0.25, -0.2) is 0 Å². The molecule has 2 amide bonds. The Kier molecular flexibility index (Phi) is 5.62. The Bertz CT molecular complexity index is 370. The molecule has 120 valence electrons. The van der Waals surface area contributed by atoms with Gasteiger partial charge in [0.1, 0.15) is 0 Å². The van der Waals surface area contributed by atoms with E-state index >= 15 is 0 Å². The molecule has 2 fully saturated rings. The van der Waals surface area contributed by atoms with Crippen LogP contribution in [0.1, 0.15) is 46.5 Å². The lowest BCUT2D eigenvalue weighted by Gasteiger charge is -2.36. The molecule has 0 aromatic rings. The highest BCUT2D eigenvalue weighted by molar-refractivity contribution is 5.82. The van der Waals surface area contributed by atoms with Crippen molar-refractivity contribution in [2.24, 2.45) is 5.92 Å². The second-order valence-corrected chi connectivity index (χ2v) is 6.68. The van der Waals surface area contributed by atoms with E-state index in [9.17, 15) is 9.59 Å². The fraction of sp³-hybridized carbons (Fsp3) is 0.875. The molecule has 0 aromatic heterocycles. The summed E-state index contributed by atoms with van der Waals surface area (Å²) in [4.78, 5) is 28.7. The van der Waals surface area contributed by atoms with Gasteiger partial charge in [-0.3, -0.25) is 14.5 Å². The molecule has 2 heterocycles. The smallest absolute Gasteiger partial charge is 0.237 e. The second-order valence-electron chi connectivity index (χ2n) is 6.68. The SMILES string of the molecule is CC(C)NC(=O)C(C)N1CCC(C(=O)N2CCCC2)CC1. The average Bonchev–Trinajstić information content (AvgIpc) is 2.99. The van der Waals surface area contributed by atoms with Gasteiger partial charge in [0.2, 0.25) is 11.8 Å². The molecule has 1 atom stereocenters. The maximum Gasteiger partial charge on any atom is 0.237 e. The fourth-order valence-electron chi connectivity index (χ4n) is 3.30. The number of carbonyl (C=O) groups excluding carboxylic acids is 2. The summed E-state index contributed by atoms with van der Waals surface area (Å²) < 4.78 is 0. The fourth-order valence-corrected chi connectivity index (χ4v) is 3.30. The average molecular weight is 295 g/mol. The molecule has 2 aliphatic rings. The third-order valence-corrected chi connectivity index (χ3v) is 4.65. The zero-order valence-electron chi connectivity index (χ0n) is 13.6. The first kappa shape index (κ1) is 16.3. The molecule has 2 rings (SSSR count). The molecule has 0 spiro atoms. The summed E-state index contributed by atoms with van der Waals surface area (Å²) in [5.41, 5.74) is 0. The van der Waals surface area contributed by atoms with Crippen molar-refractivity contribution in [3.8, 4) is 0 Å². The van der Waals surface area contributed by atoms with Gasteiger partial charge in [-0.05, 0) is 59.5 Å². The lowest BCUT2D eigenvalue weighted by Crippen LogP contribution is -2.51. The van der Waals surface area contributed by atoms with E-state index in [1.165, 1.54) is 0 Å². The molecular formula is C16H29N3O2. The molecule has 0 bridgehead atoms. The van der Waals surface area contributed by atoms with E-state index in [0.717, 1.165) is 51.9 Å². The van der Waals surface area contributed by atoms with Crippen molar-refractivity contribution in [1.29, 1.82) is 0 Å². The van der Waals surface area contributed by atoms with Gasteiger partial charge in [-0.2, -0.15) is 0 Å². The van der Waals surface area contributed by atoms with Gasteiger partial charge in [0.05, 0.1) is 6.04 Å². The van der Waals surface area contributed by atoms with E-state index in [-0.39, 0.29) is 23.9 Å². The van der Waals surface area contributed by atoms with Crippen LogP contribution in [-0.2, 0) is 9.59 Å². The second kappa shape index (κ2) is 7.25. The Morgan fingerprint density at radius 2 is 1.57 bits per heavy atom. The number of rotatable bonds is 4. The maximum atomic E-state index is 12.4. The molecule has 2 saturated heterocycles. The van der Waals surface area contributed by atoms with Gasteiger partial charge in [0, 0.05) is 25.0 Å². The standard InChI is InChI=1S/C16H29N3O2/c1-12(2)17-15(20)13(3)18-10-6-14(7-11-18)16(21)19-8-4-5-9-19/h12-14H,4-11H2,1-3H3,(H,17,20). The van der Waals surface area contributed by atoms with Crippen molar-refractivity contribution in [3.05, 3.63) is 0 Å². The molecule has 0 aliphatic carbocycles. The summed E-state index contributed by atoms with van der Waals surface area (Å²) in [5, 5.41) is 2.96. The first-order chi connectivity index (χ1) is 9.99. The van der Waals surface area contributed by atoms with Gasteiger partial charge < -0.3 is 10.2 Å². The van der Waals surface area contributed by atoms with E-state index in [0.29, 0.717) is 5.91 Å². The molecule has 0 aromatic carbocycles. The van der Waals surface area contributed by atoms with Crippen LogP contribution < -0.4 is 5.32 Å². The Hall–Kier alpha value is -1.10. The van der Waals surface area contributed by atoms with Crippen LogP contribution in [0.5, 0.6) is 0 Å². The number of amides is 2. The first-order valence-corrected chi connectivity index (χ1v) is 8.32. The lowest BCUT2D eigenvalue weighted by atomic mass is 9.94. The highest BCUT2D eigenvalue weighted by atomic mass is 16.2. The quantitative estimate of drug-likeness (QED) is 0.849. The monoisotopic (exact) mass is 295 g/mol. The number of carbonyl (C=O) groups is 2. The maximum absolute atomic E-state index is 12.4. The predicted octanol–water partition coefficient (Wildman–Crippen LogP) is 1.23. The van der Waals surface area contributed by atoms with Gasteiger partial charge in [-0.1, -0.05) is 0 Å². The van der Waals surface area contributed by atoms with Crippen molar-refractivity contribution in [2.45, 2.75) is 58.5 Å². The molecular weight excluding hydrogens is 266 g/mol. The van der Waals surface area contributed by atoms with Crippen LogP contribution in [-0.4, -0.2) is 59.9 Å². The van der Waals surface area contributed by atoms with E-state index in [1.54, 1.807) is 0 Å². The Labute approximate surface area is 128 Å². The normalized spacial score (nSPS) is 22.6. The molecule has 5 nitrogen and oxygen atoms in total. The van der Waals surface area contributed by atoms with Crippen LogP contribution >= 0.6 is 0 Å². The van der Waals surface area contributed by atoms with Crippen LogP contribution in [0, 0.1) is 5.92 Å². The Balaban J connectivity index is 1.79. The predicted molar refractivity (Wildman–Crippen MR) is 82.9 cm³/mol. The number of hydrogen-bond donors (Lipinski definition) is 1. The molecule has 1 N–H and O–H groups in total. The van der Waals surface area contributed by atoms with E-state index in [1.807, 2.05) is 25.7 Å². The molecule has 21 heavy (non-hydrogen) atoms. The topological polar surface area (TPSA) is 52.7 Å². The summed E-state index contributed by atoms with van der Waals surface area (Å²) in [6.45, 7) is 9.48. The van der Waals surface area contributed by atoms with E-state index in [4.69, 9.17) is 0 Å². The van der Waals surface area contributed by atoms with Crippen molar-refractivity contribution < 1.29 is 9.59 Å². The largest absolute Gasteiger partial charge is 0.353 e. The summed E-state index contributed by atoms with van der Waals surface area (Å²) in [6.07, 6.45) is 4.07. The van der Waals surface area contributed by atoms with Crippen molar-refractivity contribution in [1.82, 2.24) is 15.1 Å².